The van der Waals surface area contributed by atoms with E-state index in [1.54, 1.807) is 7.11 Å². The van der Waals surface area contributed by atoms with Crippen LogP contribution in [0.5, 0.6) is 5.75 Å². The maximum absolute atomic E-state index is 12.4. The minimum atomic E-state index is 0.108. The van der Waals surface area contributed by atoms with Crippen LogP contribution < -0.4 is 9.64 Å². The Labute approximate surface area is 110 Å². The van der Waals surface area contributed by atoms with Crippen LogP contribution in [0.15, 0.2) is 24.3 Å². The lowest BCUT2D eigenvalue weighted by Crippen LogP contribution is -2.35. The van der Waals surface area contributed by atoms with E-state index in [0.717, 1.165) is 24.3 Å². The fourth-order valence-electron chi connectivity index (χ4n) is 2.10. The first-order valence-electron chi connectivity index (χ1n) is 6.63. The van der Waals surface area contributed by atoms with Crippen molar-refractivity contribution >= 4 is 11.6 Å². The monoisotopic (exact) mass is 249 g/mol. The van der Waals surface area contributed by atoms with Crippen molar-refractivity contribution in [2.75, 3.05) is 18.6 Å². The van der Waals surface area contributed by atoms with Crippen LogP contribution >= 0.6 is 0 Å². The molecule has 0 radical (unpaired) electrons. The second-order valence-electron chi connectivity index (χ2n) is 4.30. The highest BCUT2D eigenvalue weighted by Gasteiger charge is 2.21. The average molecular weight is 249 g/mol. The van der Waals surface area contributed by atoms with Crippen LogP contribution in [0, 0.1) is 5.92 Å². The molecule has 0 aromatic heterocycles. The van der Waals surface area contributed by atoms with Crippen LogP contribution in [0.2, 0.25) is 0 Å². The van der Waals surface area contributed by atoms with Gasteiger partial charge in [0.05, 0.1) is 7.11 Å². The fraction of sp³-hybridized carbons (Fsp3) is 0.533. The molecule has 0 unspecified atom stereocenters. The largest absolute Gasteiger partial charge is 0.497 e. The van der Waals surface area contributed by atoms with Gasteiger partial charge in [-0.2, -0.15) is 0 Å². The summed E-state index contributed by atoms with van der Waals surface area (Å²) in [5.41, 5.74) is 0.911. The number of nitrogens with zero attached hydrogens (tertiary/aromatic N) is 1. The van der Waals surface area contributed by atoms with Gasteiger partial charge in [-0.05, 0) is 31.9 Å². The van der Waals surface area contributed by atoms with Crippen LogP contribution in [0.1, 0.15) is 33.6 Å². The van der Waals surface area contributed by atoms with E-state index in [1.807, 2.05) is 36.1 Å². The molecule has 0 aliphatic carbocycles. The van der Waals surface area contributed by atoms with Crippen molar-refractivity contribution in [1.29, 1.82) is 0 Å². The number of hydrogen-bond acceptors (Lipinski definition) is 2. The molecule has 1 aromatic carbocycles. The molecule has 18 heavy (non-hydrogen) atoms. The number of carbonyl (C=O) groups is 1. The van der Waals surface area contributed by atoms with Gasteiger partial charge in [0.25, 0.3) is 0 Å². The molecule has 1 aromatic rings. The van der Waals surface area contributed by atoms with Gasteiger partial charge in [-0.25, -0.2) is 0 Å². The number of amides is 1. The van der Waals surface area contributed by atoms with E-state index in [2.05, 4.69) is 13.8 Å². The highest BCUT2D eigenvalue weighted by atomic mass is 16.5. The van der Waals surface area contributed by atoms with Crippen LogP contribution in [-0.2, 0) is 4.79 Å². The normalized spacial score (nSPS) is 10.5. The fourth-order valence-corrected chi connectivity index (χ4v) is 2.10. The van der Waals surface area contributed by atoms with Crippen LogP contribution in [0.3, 0.4) is 0 Å². The minimum absolute atomic E-state index is 0.108. The number of methoxy groups -OCH3 is 1. The Kier molecular flexibility index (Phi) is 5.69. The summed E-state index contributed by atoms with van der Waals surface area (Å²) in [4.78, 5) is 14.3. The third-order valence-electron chi connectivity index (χ3n) is 3.28. The molecule has 100 valence electrons. The number of hydrogen-bond donors (Lipinski definition) is 0. The van der Waals surface area contributed by atoms with Crippen molar-refractivity contribution in [2.45, 2.75) is 33.6 Å². The molecule has 1 rings (SSSR count). The zero-order valence-corrected chi connectivity index (χ0v) is 11.8. The topological polar surface area (TPSA) is 29.5 Å². The lowest BCUT2D eigenvalue weighted by Gasteiger charge is -2.25. The van der Waals surface area contributed by atoms with Crippen LogP contribution in [0.4, 0.5) is 5.69 Å². The molecule has 3 heteroatoms. The quantitative estimate of drug-likeness (QED) is 0.772. The van der Waals surface area contributed by atoms with E-state index in [9.17, 15) is 4.79 Å². The molecule has 0 saturated heterocycles. The maximum Gasteiger partial charge on any atom is 0.230 e. The summed E-state index contributed by atoms with van der Waals surface area (Å²) in [5, 5.41) is 0. The lowest BCUT2D eigenvalue weighted by atomic mass is 10.0. The number of rotatable bonds is 6. The van der Waals surface area contributed by atoms with Gasteiger partial charge in [0.1, 0.15) is 5.75 Å². The minimum Gasteiger partial charge on any atom is -0.497 e. The molecule has 0 N–H and O–H groups in total. The molecule has 0 fully saturated rings. The summed E-state index contributed by atoms with van der Waals surface area (Å²) >= 11 is 0. The Hall–Kier alpha value is -1.51. The van der Waals surface area contributed by atoms with Gasteiger partial charge in [0.15, 0.2) is 0 Å². The van der Waals surface area contributed by atoms with Crippen LogP contribution in [-0.4, -0.2) is 19.6 Å². The SMILES string of the molecule is CCC(CC)C(=O)N(CC)c1cccc(OC)c1. The van der Waals surface area contributed by atoms with Crippen molar-refractivity contribution in [1.82, 2.24) is 0 Å². The molecular formula is C15H23NO2. The Balaban J connectivity index is 2.97. The third-order valence-corrected chi connectivity index (χ3v) is 3.28. The lowest BCUT2D eigenvalue weighted by molar-refractivity contribution is -0.122. The van der Waals surface area contributed by atoms with Gasteiger partial charge < -0.3 is 9.64 Å². The van der Waals surface area contributed by atoms with Crippen molar-refractivity contribution in [2.24, 2.45) is 5.92 Å². The summed E-state index contributed by atoms with van der Waals surface area (Å²) in [6.07, 6.45) is 1.77. The number of benzene rings is 1. The zero-order chi connectivity index (χ0) is 13.5. The zero-order valence-electron chi connectivity index (χ0n) is 11.8. The molecule has 0 atom stereocenters. The van der Waals surface area contributed by atoms with Gasteiger partial charge in [-0.15, -0.1) is 0 Å². The first-order valence-corrected chi connectivity index (χ1v) is 6.63. The van der Waals surface area contributed by atoms with E-state index in [-0.39, 0.29) is 11.8 Å². The number of ether oxygens (including phenoxy) is 1. The molecule has 0 bridgehead atoms. The number of anilines is 1. The van der Waals surface area contributed by atoms with E-state index in [1.165, 1.54) is 0 Å². The average Bonchev–Trinajstić information content (AvgIpc) is 2.41. The summed E-state index contributed by atoms with van der Waals surface area (Å²) in [6.45, 7) is 6.80. The van der Waals surface area contributed by atoms with Crippen molar-refractivity contribution in [3.63, 3.8) is 0 Å². The van der Waals surface area contributed by atoms with Crippen molar-refractivity contribution < 1.29 is 9.53 Å². The van der Waals surface area contributed by atoms with Gasteiger partial charge in [-0.3, -0.25) is 4.79 Å². The van der Waals surface area contributed by atoms with Gasteiger partial charge in [0.2, 0.25) is 5.91 Å². The predicted molar refractivity (Wildman–Crippen MR) is 75.1 cm³/mol. The molecule has 1 amide bonds. The predicted octanol–water partition coefficient (Wildman–Crippen LogP) is 3.48. The molecule has 0 spiro atoms. The first kappa shape index (κ1) is 14.6. The highest BCUT2D eigenvalue weighted by molar-refractivity contribution is 5.95. The Morgan fingerprint density at radius 3 is 2.44 bits per heavy atom. The van der Waals surface area contributed by atoms with Gasteiger partial charge in [0, 0.05) is 24.2 Å². The number of carbonyl (C=O) groups excluding carboxylic acids is 1. The van der Waals surface area contributed by atoms with E-state index in [0.29, 0.717) is 6.54 Å². The Morgan fingerprint density at radius 2 is 1.94 bits per heavy atom. The highest BCUT2D eigenvalue weighted by Crippen LogP contribution is 2.23. The molecule has 0 aliphatic rings. The third kappa shape index (κ3) is 3.25. The maximum atomic E-state index is 12.4. The first-order chi connectivity index (χ1) is 8.67. The molecule has 0 saturated carbocycles. The molecule has 3 nitrogen and oxygen atoms in total. The Morgan fingerprint density at radius 1 is 1.28 bits per heavy atom. The van der Waals surface area contributed by atoms with E-state index >= 15 is 0 Å². The second-order valence-corrected chi connectivity index (χ2v) is 4.30. The summed E-state index contributed by atoms with van der Waals surface area (Å²) in [5.74, 6) is 1.09. The second kappa shape index (κ2) is 7.04. The van der Waals surface area contributed by atoms with Gasteiger partial charge >= 0.3 is 0 Å². The summed E-state index contributed by atoms with van der Waals surface area (Å²) < 4.78 is 5.20. The molecule has 0 aliphatic heterocycles. The van der Waals surface area contributed by atoms with E-state index in [4.69, 9.17) is 4.74 Å². The Bertz CT molecular complexity index is 386. The summed E-state index contributed by atoms with van der Waals surface area (Å²) in [7, 11) is 1.64. The smallest absolute Gasteiger partial charge is 0.230 e. The molecule has 0 heterocycles. The molecular weight excluding hydrogens is 226 g/mol. The van der Waals surface area contributed by atoms with Crippen LogP contribution in [0.25, 0.3) is 0 Å². The van der Waals surface area contributed by atoms with Crippen molar-refractivity contribution in [3.05, 3.63) is 24.3 Å². The standard InChI is InChI=1S/C15H23NO2/c1-5-12(6-2)15(17)16(7-3)13-9-8-10-14(11-13)18-4/h8-12H,5-7H2,1-4H3. The van der Waals surface area contributed by atoms with E-state index < -0.39 is 0 Å². The van der Waals surface area contributed by atoms with Gasteiger partial charge in [-0.1, -0.05) is 19.9 Å². The van der Waals surface area contributed by atoms with Crippen molar-refractivity contribution in [3.8, 4) is 5.75 Å². The summed E-state index contributed by atoms with van der Waals surface area (Å²) in [6, 6.07) is 7.66.